The first-order chi connectivity index (χ1) is 16.5. The molecule has 0 amide bonds. The molecule has 7 heteroatoms. The molecular formula is C27H29ClN4O2. The highest BCUT2D eigenvalue weighted by Crippen LogP contribution is 2.28. The molecule has 34 heavy (non-hydrogen) atoms. The van der Waals surface area contributed by atoms with E-state index in [4.69, 9.17) is 26.3 Å². The fraction of sp³-hybridized carbons (Fsp3) is 0.333. The van der Waals surface area contributed by atoms with Crippen molar-refractivity contribution in [3.05, 3.63) is 82.3 Å². The van der Waals surface area contributed by atoms with Crippen LogP contribution in [0.5, 0.6) is 0 Å². The molecule has 0 N–H and O–H groups in total. The zero-order chi connectivity index (χ0) is 23.9. The SMILES string of the molecule is CO/N=C(\C)c1cccc(CCCO/N=C2\CC(C)Cc3ccc(-c4ccc(Cl)cc4)nc32)n1. The van der Waals surface area contributed by atoms with Crippen molar-refractivity contribution in [1.82, 2.24) is 9.97 Å². The Kier molecular flexibility index (Phi) is 7.91. The number of nitrogens with zero attached hydrogens (tertiary/aromatic N) is 4. The van der Waals surface area contributed by atoms with Crippen molar-refractivity contribution in [2.45, 2.75) is 39.5 Å². The highest BCUT2D eigenvalue weighted by molar-refractivity contribution is 6.30. The van der Waals surface area contributed by atoms with Gasteiger partial charge < -0.3 is 9.68 Å². The van der Waals surface area contributed by atoms with E-state index in [2.05, 4.69) is 34.4 Å². The molecule has 176 valence electrons. The van der Waals surface area contributed by atoms with Crippen LogP contribution < -0.4 is 0 Å². The van der Waals surface area contributed by atoms with E-state index in [1.807, 2.05) is 49.4 Å². The molecule has 0 fully saturated rings. The summed E-state index contributed by atoms with van der Waals surface area (Å²) in [6.45, 7) is 4.63. The molecule has 0 aliphatic heterocycles. The number of halogens is 1. The summed E-state index contributed by atoms with van der Waals surface area (Å²) in [6.07, 6.45) is 3.46. The summed E-state index contributed by atoms with van der Waals surface area (Å²) in [4.78, 5) is 20.2. The topological polar surface area (TPSA) is 69.0 Å². The number of hydrogen-bond donors (Lipinski definition) is 0. The molecule has 0 bridgehead atoms. The highest BCUT2D eigenvalue weighted by Gasteiger charge is 2.23. The third-order valence-electron chi connectivity index (χ3n) is 5.75. The Balaban J connectivity index is 1.41. The maximum Gasteiger partial charge on any atom is 0.117 e. The molecule has 2 aromatic heterocycles. The van der Waals surface area contributed by atoms with Crippen LogP contribution in [0.2, 0.25) is 5.02 Å². The molecule has 1 aliphatic carbocycles. The van der Waals surface area contributed by atoms with Crippen molar-refractivity contribution in [2.75, 3.05) is 13.7 Å². The minimum Gasteiger partial charge on any atom is -0.399 e. The molecule has 1 aromatic carbocycles. The van der Waals surface area contributed by atoms with Crippen LogP contribution in [0.15, 0.2) is 64.9 Å². The van der Waals surface area contributed by atoms with Gasteiger partial charge in [0.05, 0.1) is 17.1 Å². The average Bonchev–Trinajstić information content (AvgIpc) is 2.84. The molecule has 1 unspecified atom stereocenters. The lowest BCUT2D eigenvalue weighted by molar-refractivity contribution is 0.140. The van der Waals surface area contributed by atoms with E-state index in [-0.39, 0.29) is 0 Å². The van der Waals surface area contributed by atoms with Crippen LogP contribution in [-0.2, 0) is 22.5 Å². The van der Waals surface area contributed by atoms with Gasteiger partial charge in [-0.25, -0.2) is 4.98 Å². The van der Waals surface area contributed by atoms with Crippen LogP contribution in [0.3, 0.4) is 0 Å². The van der Waals surface area contributed by atoms with E-state index >= 15 is 0 Å². The molecule has 0 saturated heterocycles. The molecule has 0 spiro atoms. The summed E-state index contributed by atoms with van der Waals surface area (Å²) in [6, 6.07) is 17.9. The Bertz CT molecular complexity index is 1190. The number of hydrogen-bond acceptors (Lipinski definition) is 6. The normalized spacial score (nSPS) is 16.9. The van der Waals surface area contributed by atoms with Gasteiger partial charge >= 0.3 is 0 Å². The van der Waals surface area contributed by atoms with Crippen molar-refractivity contribution in [1.29, 1.82) is 0 Å². The summed E-state index contributed by atoms with van der Waals surface area (Å²) in [5, 5.41) is 9.17. The molecule has 3 aromatic rings. The molecule has 1 atom stereocenters. The first kappa shape index (κ1) is 23.9. The minimum atomic E-state index is 0.502. The van der Waals surface area contributed by atoms with E-state index in [0.717, 1.165) is 65.4 Å². The summed E-state index contributed by atoms with van der Waals surface area (Å²) in [5.74, 6) is 0.502. The third kappa shape index (κ3) is 6.00. The van der Waals surface area contributed by atoms with Gasteiger partial charge in [0.25, 0.3) is 0 Å². The van der Waals surface area contributed by atoms with E-state index < -0.39 is 0 Å². The molecule has 0 radical (unpaired) electrons. The van der Waals surface area contributed by atoms with Gasteiger partial charge in [0.2, 0.25) is 0 Å². The Morgan fingerprint density at radius 2 is 1.88 bits per heavy atom. The molecule has 4 rings (SSSR count). The zero-order valence-electron chi connectivity index (χ0n) is 19.8. The maximum absolute atomic E-state index is 6.04. The largest absolute Gasteiger partial charge is 0.399 e. The number of benzene rings is 1. The van der Waals surface area contributed by atoms with E-state index in [1.54, 1.807) is 0 Å². The third-order valence-corrected chi connectivity index (χ3v) is 6.00. The Morgan fingerprint density at radius 1 is 1.06 bits per heavy atom. The van der Waals surface area contributed by atoms with Crippen LogP contribution in [0, 0.1) is 5.92 Å². The molecule has 2 heterocycles. The van der Waals surface area contributed by atoms with E-state index in [0.29, 0.717) is 17.5 Å². The average molecular weight is 477 g/mol. The van der Waals surface area contributed by atoms with Gasteiger partial charge in [-0.15, -0.1) is 0 Å². The molecule has 6 nitrogen and oxygen atoms in total. The second-order valence-corrected chi connectivity index (χ2v) is 9.01. The van der Waals surface area contributed by atoms with Crippen LogP contribution in [0.4, 0.5) is 0 Å². The number of oxime groups is 2. The van der Waals surface area contributed by atoms with E-state index in [1.165, 1.54) is 12.7 Å². The summed E-state index contributed by atoms with van der Waals surface area (Å²) >= 11 is 6.04. The number of aromatic nitrogens is 2. The van der Waals surface area contributed by atoms with Crippen molar-refractivity contribution >= 4 is 23.0 Å². The molecular weight excluding hydrogens is 448 g/mol. The predicted octanol–water partition coefficient (Wildman–Crippen LogP) is 6.10. The van der Waals surface area contributed by atoms with Crippen molar-refractivity contribution in [3.63, 3.8) is 0 Å². The molecule has 1 aliphatic rings. The van der Waals surface area contributed by atoms with Crippen LogP contribution in [-0.4, -0.2) is 35.1 Å². The standard InChI is InChI=1S/C27H29ClN4O2/c1-18-16-21-11-14-25(20-9-12-22(28)13-10-20)30-27(21)26(17-18)32-34-15-5-7-23-6-4-8-24(29-23)19(2)31-33-3/h4,6,8-14,18H,5,7,15-17H2,1-3H3/b31-19+,32-26+. The second-order valence-electron chi connectivity index (χ2n) is 8.57. The number of pyridine rings is 2. The number of rotatable bonds is 8. The number of fused-ring (bicyclic) bond motifs is 1. The number of aryl methyl sites for hydroxylation is 1. The lowest BCUT2D eigenvalue weighted by Gasteiger charge is -2.22. The fourth-order valence-corrected chi connectivity index (χ4v) is 4.21. The van der Waals surface area contributed by atoms with E-state index in [9.17, 15) is 0 Å². The Morgan fingerprint density at radius 3 is 2.68 bits per heavy atom. The Hall–Kier alpha value is -3.25. The fourth-order valence-electron chi connectivity index (χ4n) is 4.08. The maximum atomic E-state index is 6.04. The summed E-state index contributed by atoms with van der Waals surface area (Å²) in [5.41, 5.74) is 7.57. The summed E-state index contributed by atoms with van der Waals surface area (Å²) < 4.78 is 0. The van der Waals surface area contributed by atoms with Gasteiger partial charge in [0.15, 0.2) is 0 Å². The highest BCUT2D eigenvalue weighted by atomic mass is 35.5. The Labute approximate surface area is 205 Å². The quantitative estimate of drug-likeness (QED) is 0.223. The van der Waals surface area contributed by atoms with Crippen molar-refractivity contribution in [3.8, 4) is 11.3 Å². The van der Waals surface area contributed by atoms with Crippen molar-refractivity contribution < 1.29 is 9.68 Å². The van der Waals surface area contributed by atoms with Gasteiger partial charge in [-0.1, -0.05) is 53.1 Å². The minimum absolute atomic E-state index is 0.502. The second kappa shape index (κ2) is 11.3. The summed E-state index contributed by atoms with van der Waals surface area (Å²) in [7, 11) is 1.53. The van der Waals surface area contributed by atoms with Crippen molar-refractivity contribution in [2.24, 2.45) is 16.2 Å². The molecule has 0 saturated carbocycles. The van der Waals surface area contributed by atoms with Gasteiger partial charge in [-0.05, 0) is 74.4 Å². The lowest BCUT2D eigenvalue weighted by atomic mass is 9.86. The first-order valence-corrected chi connectivity index (χ1v) is 11.9. The van der Waals surface area contributed by atoms with Crippen LogP contribution in [0.1, 0.15) is 49.3 Å². The lowest BCUT2D eigenvalue weighted by Crippen LogP contribution is -2.21. The van der Waals surface area contributed by atoms with Crippen LogP contribution >= 0.6 is 11.6 Å². The van der Waals surface area contributed by atoms with Crippen LogP contribution in [0.25, 0.3) is 11.3 Å². The van der Waals surface area contributed by atoms with Gasteiger partial charge in [-0.3, -0.25) is 4.98 Å². The predicted molar refractivity (Wildman–Crippen MR) is 136 cm³/mol. The van der Waals surface area contributed by atoms with Gasteiger partial charge in [0.1, 0.15) is 25.1 Å². The zero-order valence-corrected chi connectivity index (χ0v) is 20.5. The smallest absolute Gasteiger partial charge is 0.117 e. The van der Waals surface area contributed by atoms with Gasteiger partial charge in [-0.2, -0.15) is 0 Å². The monoisotopic (exact) mass is 476 g/mol. The van der Waals surface area contributed by atoms with Gasteiger partial charge in [0, 0.05) is 16.3 Å². The first-order valence-electron chi connectivity index (χ1n) is 11.5.